The van der Waals surface area contributed by atoms with Gasteiger partial charge in [-0.05, 0) is 48.5 Å². The molecule has 0 radical (unpaired) electrons. The molecule has 0 aliphatic heterocycles. The molecule has 0 aliphatic rings. The molecule has 0 amide bonds. The van der Waals surface area contributed by atoms with Crippen molar-refractivity contribution in [3.8, 4) is 17.2 Å². The van der Waals surface area contributed by atoms with Crippen LogP contribution < -0.4 is 9.47 Å². The zero-order valence-corrected chi connectivity index (χ0v) is 11.0. The summed E-state index contributed by atoms with van der Waals surface area (Å²) in [5, 5.41) is 9.14. The van der Waals surface area contributed by atoms with Gasteiger partial charge in [0.2, 0.25) is 0 Å². The van der Waals surface area contributed by atoms with Crippen LogP contribution in [0.4, 0.5) is 0 Å². The molecule has 0 atom stereocenters. The Bertz CT molecular complexity index is 656. The summed E-state index contributed by atoms with van der Waals surface area (Å²) in [6, 6.07) is 11.7. The van der Waals surface area contributed by atoms with E-state index in [1.165, 1.54) is 48.5 Å². The van der Waals surface area contributed by atoms with Gasteiger partial charge in [-0.1, -0.05) is 6.58 Å². The number of phenolic OH excluding ortho intramolecular Hbond substituents is 1. The van der Waals surface area contributed by atoms with Crippen molar-refractivity contribution >= 4 is 11.9 Å². The topological polar surface area (TPSA) is 72.8 Å². The molecule has 106 valence electrons. The average molecular weight is 284 g/mol. The Morgan fingerprint density at radius 3 is 2.00 bits per heavy atom. The highest BCUT2D eigenvalue weighted by molar-refractivity contribution is 5.91. The molecule has 21 heavy (non-hydrogen) atoms. The van der Waals surface area contributed by atoms with Crippen molar-refractivity contribution < 1.29 is 24.2 Å². The number of phenols is 1. The van der Waals surface area contributed by atoms with Crippen LogP contribution in [-0.2, 0) is 4.79 Å². The molecule has 0 spiro atoms. The third kappa shape index (κ3) is 3.94. The van der Waals surface area contributed by atoms with E-state index in [-0.39, 0.29) is 5.75 Å². The molecule has 5 nitrogen and oxygen atoms in total. The maximum absolute atomic E-state index is 11.9. The van der Waals surface area contributed by atoms with Crippen LogP contribution in [-0.4, -0.2) is 17.0 Å². The lowest BCUT2D eigenvalue weighted by Crippen LogP contribution is -2.08. The Morgan fingerprint density at radius 2 is 1.43 bits per heavy atom. The standard InChI is InChI=1S/C16H12O5/c1-2-15(18)20-13-7-3-11(4-8-13)16(19)21-14-9-5-12(17)6-10-14/h2-10,17H,1H2. The van der Waals surface area contributed by atoms with Crippen molar-refractivity contribution in [2.45, 2.75) is 0 Å². The highest BCUT2D eigenvalue weighted by Crippen LogP contribution is 2.18. The largest absolute Gasteiger partial charge is 0.508 e. The first-order chi connectivity index (χ1) is 10.1. The van der Waals surface area contributed by atoms with Gasteiger partial charge in [-0.25, -0.2) is 9.59 Å². The smallest absolute Gasteiger partial charge is 0.343 e. The lowest BCUT2D eigenvalue weighted by atomic mass is 10.2. The van der Waals surface area contributed by atoms with Crippen LogP contribution in [0.2, 0.25) is 0 Å². The van der Waals surface area contributed by atoms with Crippen molar-refractivity contribution in [2.24, 2.45) is 0 Å². The fourth-order valence-electron chi connectivity index (χ4n) is 1.50. The molecule has 0 unspecified atom stereocenters. The minimum atomic E-state index is -0.575. The monoisotopic (exact) mass is 284 g/mol. The molecule has 0 aliphatic carbocycles. The van der Waals surface area contributed by atoms with Crippen LogP contribution in [0.3, 0.4) is 0 Å². The molecule has 0 saturated carbocycles. The highest BCUT2D eigenvalue weighted by atomic mass is 16.5. The van der Waals surface area contributed by atoms with Crippen LogP contribution in [0, 0.1) is 0 Å². The quantitative estimate of drug-likeness (QED) is 0.531. The summed E-state index contributed by atoms with van der Waals surface area (Å²) in [5.74, 6) is -0.416. The first-order valence-electron chi connectivity index (χ1n) is 6.04. The summed E-state index contributed by atoms with van der Waals surface area (Å²) in [5.41, 5.74) is 0.307. The Morgan fingerprint density at radius 1 is 0.905 bits per heavy atom. The van der Waals surface area contributed by atoms with E-state index in [1.807, 2.05) is 0 Å². The Balaban J connectivity index is 2.04. The number of hydrogen-bond acceptors (Lipinski definition) is 5. The summed E-state index contributed by atoms with van der Waals surface area (Å²) >= 11 is 0. The predicted octanol–water partition coefficient (Wildman–Crippen LogP) is 2.70. The number of ether oxygens (including phenoxy) is 2. The third-order valence-electron chi connectivity index (χ3n) is 2.52. The van der Waals surface area contributed by atoms with E-state index >= 15 is 0 Å². The van der Waals surface area contributed by atoms with Crippen molar-refractivity contribution in [1.29, 1.82) is 0 Å². The normalized spacial score (nSPS) is 9.71. The van der Waals surface area contributed by atoms with Crippen molar-refractivity contribution in [2.75, 3.05) is 0 Å². The molecule has 5 heteroatoms. The molecule has 0 fully saturated rings. The van der Waals surface area contributed by atoms with E-state index in [4.69, 9.17) is 14.6 Å². The van der Waals surface area contributed by atoms with Crippen LogP contribution >= 0.6 is 0 Å². The van der Waals surface area contributed by atoms with Gasteiger partial charge in [-0.2, -0.15) is 0 Å². The van der Waals surface area contributed by atoms with E-state index in [1.54, 1.807) is 0 Å². The first kappa shape index (κ1) is 14.3. The van der Waals surface area contributed by atoms with Gasteiger partial charge in [0.05, 0.1) is 5.56 Å². The van der Waals surface area contributed by atoms with Crippen molar-refractivity contribution in [1.82, 2.24) is 0 Å². The zero-order valence-electron chi connectivity index (χ0n) is 11.0. The summed E-state index contributed by atoms with van der Waals surface area (Å²) in [6.07, 6.45) is 1.05. The predicted molar refractivity (Wildman–Crippen MR) is 75.3 cm³/mol. The molecule has 0 saturated heterocycles. The minimum Gasteiger partial charge on any atom is -0.508 e. The van der Waals surface area contributed by atoms with E-state index in [0.717, 1.165) is 6.08 Å². The number of carbonyl (C=O) groups is 2. The SMILES string of the molecule is C=CC(=O)Oc1ccc(C(=O)Oc2ccc(O)cc2)cc1. The number of carbonyl (C=O) groups excluding carboxylic acids is 2. The fourth-order valence-corrected chi connectivity index (χ4v) is 1.50. The molecule has 2 rings (SSSR count). The second-order valence-corrected chi connectivity index (χ2v) is 4.03. The van der Waals surface area contributed by atoms with Gasteiger partial charge in [-0.3, -0.25) is 0 Å². The van der Waals surface area contributed by atoms with Crippen LogP contribution in [0.5, 0.6) is 17.2 Å². The number of benzene rings is 2. The van der Waals surface area contributed by atoms with Crippen LogP contribution in [0.25, 0.3) is 0 Å². The number of hydrogen-bond donors (Lipinski definition) is 1. The number of rotatable bonds is 4. The maximum Gasteiger partial charge on any atom is 0.343 e. The Hall–Kier alpha value is -3.08. The second-order valence-electron chi connectivity index (χ2n) is 4.03. The van der Waals surface area contributed by atoms with Gasteiger partial charge in [0.25, 0.3) is 0 Å². The van der Waals surface area contributed by atoms with Gasteiger partial charge < -0.3 is 14.6 Å². The Kier molecular flexibility index (Phi) is 4.36. The average Bonchev–Trinajstić information content (AvgIpc) is 2.50. The summed E-state index contributed by atoms with van der Waals surface area (Å²) in [4.78, 5) is 22.9. The molecule has 2 aromatic rings. The summed E-state index contributed by atoms with van der Waals surface area (Å²) < 4.78 is 10.0. The summed E-state index contributed by atoms with van der Waals surface area (Å²) in [7, 11) is 0. The summed E-state index contributed by atoms with van der Waals surface area (Å²) in [6.45, 7) is 3.29. The van der Waals surface area contributed by atoms with Gasteiger partial charge in [0.15, 0.2) is 0 Å². The zero-order chi connectivity index (χ0) is 15.2. The van der Waals surface area contributed by atoms with Gasteiger partial charge in [0.1, 0.15) is 17.2 Å². The number of aromatic hydroxyl groups is 1. The van der Waals surface area contributed by atoms with Crippen molar-refractivity contribution in [3.05, 3.63) is 66.7 Å². The fraction of sp³-hybridized carbons (Fsp3) is 0. The molecule has 0 bridgehead atoms. The van der Waals surface area contributed by atoms with E-state index in [0.29, 0.717) is 17.1 Å². The number of esters is 2. The first-order valence-corrected chi connectivity index (χ1v) is 6.04. The van der Waals surface area contributed by atoms with E-state index in [2.05, 4.69) is 6.58 Å². The lowest BCUT2D eigenvalue weighted by Gasteiger charge is -2.05. The van der Waals surface area contributed by atoms with E-state index in [9.17, 15) is 9.59 Å². The van der Waals surface area contributed by atoms with Gasteiger partial charge in [0, 0.05) is 6.08 Å². The highest BCUT2D eigenvalue weighted by Gasteiger charge is 2.09. The molecule has 0 heterocycles. The minimum absolute atomic E-state index is 0.0863. The van der Waals surface area contributed by atoms with Crippen molar-refractivity contribution in [3.63, 3.8) is 0 Å². The third-order valence-corrected chi connectivity index (χ3v) is 2.52. The maximum atomic E-state index is 11.9. The lowest BCUT2D eigenvalue weighted by molar-refractivity contribution is -0.128. The van der Waals surface area contributed by atoms with E-state index < -0.39 is 11.9 Å². The molecule has 2 aromatic carbocycles. The molecular weight excluding hydrogens is 272 g/mol. The van der Waals surface area contributed by atoms with Crippen LogP contribution in [0.1, 0.15) is 10.4 Å². The van der Waals surface area contributed by atoms with Crippen LogP contribution in [0.15, 0.2) is 61.2 Å². The van der Waals surface area contributed by atoms with Gasteiger partial charge >= 0.3 is 11.9 Å². The van der Waals surface area contributed by atoms with Gasteiger partial charge in [-0.15, -0.1) is 0 Å². The Labute approximate surface area is 121 Å². The second kappa shape index (κ2) is 6.38. The molecule has 0 aromatic heterocycles. The molecular formula is C16H12O5. The molecule has 1 N–H and O–H groups in total.